The van der Waals surface area contributed by atoms with Gasteiger partial charge in [-0.15, -0.1) is 0 Å². The Hall–Kier alpha value is -1.22. The number of rotatable bonds is 5. The highest BCUT2D eigenvalue weighted by atomic mass is 16.5. The van der Waals surface area contributed by atoms with Crippen LogP contribution in [0.25, 0.3) is 0 Å². The molecule has 0 spiro atoms. The van der Waals surface area contributed by atoms with Gasteiger partial charge in [0.05, 0.1) is 6.61 Å². The maximum Gasteiger partial charge on any atom is 0.161 e. The molecule has 0 saturated heterocycles. The van der Waals surface area contributed by atoms with Crippen LogP contribution in [0.2, 0.25) is 0 Å². The van der Waals surface area contributed by atoms with Crippen molar-refractivity contribution in [1.82, 2.24) is 0 Å². The van der Waals surface area contributed by atoms with Gasteiger partial charge in [-0.25, -0.2) is 0 Å². The zero-order chi connectivity index (χ0) is 13.5. The summed E-state index contributed by atoms with van der Waals surface area (Å²) in [4.78, 5) is 0. The lowest BCUT2D eigenvalue weighted by Gasteiger charge is -2.24. The summed E-state index contributed by atoms with van der Waals surface area (Å²) in [5, 5.41) is 0. The first-order valence-corrected chi connectivity index (χ1v) is 7.45. The molecule has 2 rings (SSSR count). The van der Waals surface area contributed by atoms with E-state index in [0.717, 1.165) is 37.4 Å². The first-order valence-electron chi connectivity index (χ1n) is 7.45. The van der Waals surface area contributed by atoms with Crippen LogP contribution in [-0.4, -0.2) is 18.8 Å². The fraction of sp³-hybridized carbons (Fsp3) is 0.625. The van der Waals surface area contributed by atoms with Crippen LogP contribution in [0.1, 0.15) is 45.4 Å². The molecule has 0 aliphatic heterocycles. The summed E-state index contributed by atoms with van der Waals surface area (Å²) >= 11 is 0. The molecule has 1 aliphatic carbocycles. The number of hydrogen-bond acceptors (Lipinski definition) is 3. The van der Waals surface area contributed by atoms with E-state index in [-0.39, 0.29) is 12.1 Å². The first-order chi connectivity index (χ1) is 9.31. The van der Waals surface area contributed by atoms with Gasteiger partial charge < -0.3 is 15.2 Å². The fourth-order valence-corrected chi connectivity index (χ4v) is 2.49. The SMILES string of the molecule is CCCOc1ccccc1OC1CCCCCC1N. The van der Waals surface area contributed by atoms with Crippen molar-refractivity contribution in [2.75, 3.05) is 6.61 Å². The smallest absolute Gasteiger partial charge is 0.161 e. The molecule has 1 aliphatic rings. The molecule has 106 valence electrons. The highest BCUT2D eigenvalue weighted by Gasteiger charge is 2.23. The summed E-state index contributed by atoms with van der Waals surface area (Å²) in [6.45, 7) is 2.82. The number of nitrogens with two attached hydrogens (primary N) is 1. The molecule has 1 aromatic carbocycles. The van der Waals surface area contributed by atoms with Crippen molar-refractivity contribution in [3.8, 4) is 11.5 Å². The van der Waals surface area contributed by atoms with Gasteiger partial charge in [-0.1, -0.05) is 31.9 Å². The lowest BCUT2D eigenvalue weighted by Crippen LogP contribution is -2.37. The van der Waals surface area contributed by atoms with Crippen LogP contribution in [-0.2, 0) is 0 Å². The van der Waals surface area contributed by atoms with Crippen LogP contribution in [0, 0.1) is 0 Å². The summed E-state index contributed by atoms with van der Waals surface area (Å²) < 4.78 is 11.9. The average molecular weight is 263 g/mol. The predicted molar refractivity (Wildman–Crippen MR) is 77.7 cm³/mol. The topological polar surface area (TPSA) is 44.5 Å². The molecular weight excluding hydrogens is 238 g/mol. The summed E-state index contributed by atoms with van der Waals surface area (Å²) in [5.74, 6) is 1.67. The van der Waals surface area contributed by atoms with Gasteiger partial charge in [-0.05, 0) is 37.8 Å². The monoisotopic (exact) mass is 263 g/mol. The lowest BCUT2D eigenvalue weighted by molar-refractivity contribution is 0.154. The van der Waals surface area contributed by atoms with Gasteiger partial charge in [-0.2, -0.15) is 0 Å². The molecule has 2 N–H and O–H groups in total. The molecule has 0 aromatic heterocycles. The molecule has 1 saturated carbocycles. The van der Waals surface area contributed by atoms with Crippen molar-refractivity contribution in [3.63, 3.8) is 0 Å². The molecule has 3 heteroatoms. The molecular formula is C16H25NO2. The Morgan fingerprint density at radius 1 is 1.11 bits per heavy atom. The fourth-order valence-electron chi connectivity index (χ4n) is 2.49. The van der Waals surface area contributed by atoms with Gasteiger partial charge in [0.1, 0.15) is 6.10 Å². The Kier molecular flexibility index (Phi) is 5.52. The van der Waals surface area contributed by atoms with Crippen molar-refractivity contribution in [3.05, 3.63) is 24.3 Å². The molecule has 2 atom stereocenters. The number of benzene rings is 1. The van der Waals surface area contributed by atoms with E-state index >= 15 is 0 Å². The van der Waals surface area contributed by atoms with E-state index in [9.17, 15) is 0 Å². The molecule has 0 radical (unpaired) electrons. The van der Waals surface area contributed by atoms with Crippen LogP contribution in [0.15, 0.2) is 24.3 Å². The van der Waals surface area contributed by atoms with Crippen LogP contribution in [0.5, 0.6) is 11.5 Å². The Labute approximate surface area is 116 Å². The second-order valence-electron chi connectivity index (χ2n) is 5.25. The molecule has 3 nitrogen and oxygen atoms in total. The average Bonchev–Trinajstić information content (AvgIpc) is 2.63. The predicted octanol–water partition coefficient (Wildman–Crippen LogP) is 3.51. The number of hydrogen-bond donors (Lipinski definition) is 1. The van der Waals surface area contributed by atoms with Crippen LogP contribution in [0.3, 0.4) is 0 Å². The normalized spacial score (nSPS) is 23.7. The molecule has 0 amide bonds. The van der Waals surface area contributed by atoms with Crippen molar-refractivity contribution in [1.29, 1.82) is 0 Å². The standard InChI is InChI=1S/C16H25NO2/c1-2-12-18-15-10-6-7-11-16(15)19-14-9-5-3-4-8-13(14)17/h6-7,10-11,13-14H,2-5,8-9,12,17H2,1H3. The van der Waals surface area contributed by atoms with Crippen molar-refractivity contribution >= 4 is 0 Å². The molecule has 0 bridgehead atoms. The van der Waals surface area contributed by atoms with Crippen molar-refractivity contribution < 1.29 is 9.47 Å². The maximum absolute atomic E-state index is 6.21. The number of ether oxygens (including phenoxy) is 2. The second kappa shape index (κ2) is 7.39. The molecule has 2 unspecified atom stereocenters. The summed E-state index contributed by atoms with van der Waals surface area (Å²) in [6, 6.07) is 8.04. The van der Waals surface area contributed by atoms with Crippen LogP contribution < -0.4 is 15.2 Å². The highest BCUT2D eigenvalue weighted by Crippen LogP contribution is 2.30. The largest absolute Gasteiger partial charge is 0.490 e. The van der Waals surface area contributed by atoms with Gasteiger partial charge in [0, 0.05) is 6.04 Å². The third-order valence-corrected chi connectivity index (χ3v) is 3.59. The van der Waals surface area contributed by atoms with E-state index in [0.29, 0.717) is 0 Å². The summed E-state index contributed by atoms with van der Waals surface area (Å²) in [5.41, 5.74) is 6.21. The maximum atomic E-state index is 6.21. The molecule has 1 aromatic rings. The van der Waals surface area contributed by atoms with Crippen molar-refractivity contribution in [2.24, 2.45) is 5.73 Å². The molecule has 19 heavy (non-hydrogen) atoms. The summed E-state index contributed by atoms with van der Waals surface area (Å²) in [7, 11) is 0. The molecule has 1 fully saturated rings. The Balaban J connectivity index is 2.04. The van der Waals surface area contributed by atoms with E-state index in [2.05, 4.69) is 6.92 Å². The van der Waals surface area contributed by atoms with E-state index in [1.807, 2.05) is 24.3 Å². The number of para-hydroxylation sites is 2. The van der Waals surface area contributed by atoms with Gasteiger partial charge in [0.15, 0.2) is 11.5 Å². The Morgan fingerprint density at radius 2 is 1.84 bits per heavy atom. The third-order valence-electron chi connectivity index (χ3n) is 3.59. The van der Waals surface area contributed by atoms with E-state index in [1.54, 1.807) is 0 Å². The van der Waals surface area contributed by atoms with Gasteiger partial charge >= 0.3 is 0 Å². The highest BCUT2D eigenvalue weighted by molar-refractivity contribution is 5.39. The second-order valence-corrected chi connectivity index (χ2v) is 5.25. The quantitative estimate of drug-likeness (QED) is 0.827. The van der Waals surface area contributed by atoms with Crippen LogP contribution >= 0.6 is 0 Å². The van der Waals surface area contributed by atoms with Gasteiger partial charge in [0.2, 0.25) is 0 Å². The van der Waals surface area contributed by atoms with E-state index < -0.39 is 0 Å². The van der Waals surface area contributed by atoms with Crippen molar-refractivity contribution in [2.45, 2.75) is 57.6 Å². The van der Waals surface area contributed by atoms with E-state index in [1.165, 1.54) is 19.3 Å². The van der Waals surface area contributed by atoms with Gasteiger partial charge in [0.25, 0.3) is 0 Å². The Morgan fingerprint density at radius 3 is 2.63 bits per heavy atom. The zero-order valence-electron chi connectivity index (χ0n) is 11.8. The minimum absolute atomic E-state index is 0.119. The van der Waals surface area contributed by atoms with Gasteiger partial charge in [-0.3, -0.25) is 0 Å². The minimum atomic E-state index is 0.119. The Bertz CT molecular complexity index is 381. The lowest BCUT2D eigenvalue weighted by atomic mass is 10.1. The molecule has 0 heterocycles. The third kappa shape index (κ3) is 4.13. The van der Waals surface area contributed by atoms with Crippen LogP contribution in [0.4, 0.5) is 0 Å². The summed E-state index contributed by atoms with van der Waals surface area (Å²) in [6.07, 6.45) is 6.91. The zero-order valence-corrected chi connectivity index (χ0v) is 11.8. The first kappa shape index (κ1) is 14.2. The minimum Gasteiger partial charge on any atom is -0.490 e. The van der Waals surface area contributed by atoms with E-state index in [4.69, 9.17) is 15.2 Å².